The summed E-state index contributed by atoms with van der Waals surface area (Å²) < 4.78 is 6.72. The Kier molecular flexibility index (Phi) is 5.31. The smallest absolute Gasteiger partial charge is 0.199 e. The third-order valence-electron chi connectivity index (χ3n) is 5.32. The Morgan fingerprint density at radius 3 is 2.18 bits per heavy atom. The Labute approximate surface area is 136 Å². The van der Waals surface area contributed by atoms with Gasteiger partial charge in [-0.1, -0.05) is 70.2 Å². The normalized spacial score (nSPS) is 28.1. The summed E-state index contributed by atoms with van der Waals surface area (Å²) in [5.74, 6) is 0.135. The summed E-state index contributed by atoms with van der Waals surface area (Å²) >= 11 is 0. The van der Waals surface area contributed by atoms with Gasteiger partial charge in [-0.05, 0) is 29.6 Å². The Morgan fingerprint density at radius 1 is 1.18 bits per heavy atom. The largest absolute Gasteiger partial charge is 0.407 e. The van der Waals surface area contributed by atoms with Crippen LogP contribution in [0, 0.1) is 5.92 Å². The summed E-state index contributed by atoms with van der Waals surface area (Å²) in [6, 6.07) is 11.1. The first-order chi connectivity index (χ1) is 10.3. The molecule has 1 fully saturated rings. The molecule has 3 heteroatoms. The maximum atomic E-state index is 10.9. The first kappa shape index (κ1) is 17.5. The number of aliphatic hydroxyl groups is 1. The quantitative estimate of drug-likeness (QED) is 0.620. The van der Waals surface area contributed by atoms with Crippen molar-refractivity contribution in [1.82, 2.24) is 0 Å². The minimum Gasteiger partial charge on any atom is -0.407 e. The summed E-state index contributed by atoms with van der Waals surface area (Å²) in [6.07, 6.45) is -0.730. The molecular weight excluding hydrogens is 288 g/mol. The van der Waals surface area contributed by atoms with Gasteiger partial charge in [0.1, 0.15) is 0 Å². The molecule has 0 aromatic heterocycles. The highest BCUT2D eigenvalue weighted by molar-refractivity contribution is 6.76. The molecular formula is C19H30O2Si. The molecule has 3 atom stereocenters. The van der Waals surface area contributed by atoms with E-state index in [-0.39, 0.29) is 12.0 Å². The molecule has 1 heterocycles. The highest BCUT2D eigenvalue weighted by atomic mass is 28.4. The van der Waals surface area contributed by atoms with Crippen molar-refractivity contribution < 1.29 is 9.53 Å². The number of rotatable bonds is 4. The van der Waals surface area contributed by atoms with Crippen LogP contribution >= 0.6 is 0 Å². The molecule has 0 aliphatic carbocycles. The zero-order chi connectivity index (χ0) is 16.5. The van der Waals surface area contributed by atoms with Crippen LogP contribution in [0.3, 0.4) is 0 Å². The third-order valence-corrected chi connectivity index (χ3v) is 11.0. The molecule has 1 unspecified atom stereocenters. The van der Waals surface area contributed by atoms with E-state index >= 15 is 0 Å². The van der Waals surface area contributed by atoms with E-state index in [1.54, 1.807) is 0 Å². The molecule has 2 rings (SSSR count). The maximum Gasteiger partial charge on any atom is 0.199 e. The molecule has 1 N–H and O–H groups in total. The molecule has 0 bridgehead atoms. The van der Waals surface area contributed by atoms with Crippen LogP contribution in [-0.4, -0.2) is 19.5 Å². The van der Waals surface area contributed by atoms with Crippen molar-refractivity contribution >= 4 is 8.32 Å². The molecule has 122 valence electrons. The van der Waals surface area contributed by atoms with Gasteiger partial charge < -0.3 is 9.53 Å². The summed E-state index contributed by atoms with van der Waals surface area (Å²) in [6.45, 7) is 15.3. The van der Waals surface area contributed by atoms with Crippen molar-refractivity contribution in [2.24, 2.45) is 5.92 Å². The average Bonchev–Trinajstić information content (AvgIpc) is 2.47. The van der Waals surface area contributed by atoms with Gasteiger partial charge in [-0.25, -0.2) is 0 Å². The molecule has 1 aromatic rings. The van der Waals surface area contributed by atoms with Crippen LogP contribution in [0.5, 0.6) is 0 Å². The predicted molar refractivity (Wildman–Crippen MR) is 95.3 cm³/mol. The highest BCUT2D eigenvalue weighted by Gasteiger charge is 2.52. The van der Waals surface area contributed by atoms with Gasteiger partial charge in [0, 0.05) is 5.92 Å². The maximum absolute atomic E-state index is 10.9. The lowest BCUT2D eigenvalue weighted by Crippen LogP contribution is -2.55. The Morgan fingerprint density at radius 2 is 1.73 bits per heavy atom. The van der Waals surface area contributed by atoms with E-state index in [0.29, 0.717) is 11.1 Å². The fourth-order valence-electron chi connectivity index (χ4n) is 3.81. The number of hydrogen-bond donors (Lipinski definition) is 1. The Bertz CT molecular complexity index is 501. The van der Waals surface area contributed by atoms with Gasteiger partial charge in [0.2, 0.25) is 0 Å². The lowest BCUT2D eigenvalue weighted by Gasteiger charge is -2.50. The number of hydrogen-bond acceptors (Lipinski definition) is 2. The van der Waals surface area contributed by atoms with Crippen LogP contribution in [0.2, 0.25) is 17.1 Å². The van der Waals surface area contributed by atoms with Crippen molar-refractivity contribution in [3.05, 3.63) is 48.0 Å². The van der Waals surface area contributed by atoms with E-state index in [1.807, 2.05) is 25.1 Å². The van der Waals surface area contributed by atoms with Crippen molar-refractivity contribution in [3.63, 3.8) is 0 Å². The van der Waals surface area contributed by atoms with Crippen LogP contribution in [0.1, 0.15) is 46.3 Å². The van der Waals surface area contributed by atoms with Crippen molar-refractivity contribution in [3.8, 4) is 0 Å². The van der Waals surface area contributed by atoms with Crippen molar-refractivity contribution in [2.45, 2.75) is 64.0 Å². The van der Waals surface area contributed by atoms with Crippen molar-refractivity contribution in [1.29, 1.82) is 0 Å². The third kappa shape index (κ3) is 3.08. The van der Waals surface area contributed by atoms with Crippen molar-refractivity contribution in [2.75, 3.05) is 0 Å². The molecule has 1 aromatic carbocycles. The van der Waals surface area contributed by atoms with Crippen LogP contribution < -0.4 is 0 Å². The Hall–Kier alpha value is -0.903. The van der Waals surface area contributed by atoms with E-state index in [2.05, 4.69) is 46.4 Å². The van der Waals surface area contributed by atoms with Gasteiger partial charge in [0.15, 0.2) is 8.32 Å². The molecule has 1 aliphatic heterocycles. The molecule has 1 saturated heterocycles. The lowest BCUT2D eigenvalue weighted by atomic mass is 9.90. The minimum atomic E-state index is -1.97. The lowest BCUT2D eigenvalue weighted by molar-refractivity contribution is -0.0198. The van der Waals surface area contributed by atoms with Crippen LogP contribution in [0.25, 0.3) is 0 Å². The molecule has 2 nitrogen and oxygen atoms in total. The van der Waals surface area contributed by atoms with Gasteiger partial charge >= 0.3 is 0 Å². The fraction of sp³-hybridized carbons (Fsp3) is 0.579. The van der Waals surface area contributed by atoms with E-state index in [9.17, 15) is 5.11 Å². The number of aliphatic hydroxyl groups excluding tert-OH is 1. The van der Waals surface area contributed by atoms with Gasteiger partial charge in [0.25, 0.3) is 0 Å². The van der Waals surface area contributed by atoms with Crippen LogP contribution in [0.15, 0.2) is 42.5 Å². The second-order valence-electron chi connectivity index (χ2n) is 7.36. The zero-order valence-corrected chi connectivity index (χ0v) is 15.5. The standard InChI is InChI=1S/C19H30O2Si/c1-13(2)17-12-22(14(3)4,15(5)6)21-19(18(17)20)16-10-8-7-9-11-16/h7-11,14-15,17-20H,1,12H2,2-6H3/t17?,18-,19-/m0/s1. The monoisotopic (exact) mass is 318 g/mol. The summed E-state index contributed by atoms with van der Waals surface area (Å²) in [4.78, 5) is 0. The molecule has 0 amide bonds. The SMILES string of the molecule is C=C(C)C1C[Si](C(C)C)(C(C)C)O[C@@H](c2ccccc2)[C@H]1O. The summed E-state index contributed by atoms with van der Waals surface area (Å²) in [7, 11) is -1.97. The predicted octanol–water partition coefficient (Wildman–Crippen LogP) is 5.08. The van der Waals surface area contributed by atoms with E-state index in [4.69, 9.17) is 4.43 Å². The van der Waals surface area contributed by atoms with Crippen LogP contribution in [0.4, 0.5) is 0 Å². The van der Waals surface area contributed by atoms with Gasteiger partial charge in [0.05, 0.1) is 12.2 Å². The average molecular weight is 319 g/mol. The topological polar surface area (TPSA) is 29.5 Å². The second kappa shape index (κ2) is 6.69. The summed E-state index contributed by atoms with van der Waals surface area (Å²) in [5, 5.41) is 10.9. The molecule has 22 heavy (non-hydrogen) atoms. The highest BCUT2D eigenvalue weighted by Crippen LogP contribution is 2.50. The molecule has 1 aliphatic rings. The first-order valence-corrected chi connectivity index (χ1v) is 10.6. The van der Waals surface area contributed by atoms with Gasteiger partial charge in [-0.15, -0.1) is 0 Å². The fourth-order valence-corrected chi connectivity index (χ4v) is 8.76. The zero-order valence-electron chi connectivity index (χ0n) is 14.5. The van der Waals surface area contributed by atoms with E-state index < -0.39 is 14.4 Å². The van der Waals surface area contributed by atoms with Crippen LogP contribution in [-0.2, 0) is 4.43 Å². The van der Waals surface area contributed by atoms with Gasteiger partial charge in [-0.2, -0.15) is 0 Å². The second-order valence-corrected chi connectivity index (χ2v) is 12.2. The molecule has 0 radical (unpaired) electrons. The Balaban J connectivity index is 2.46. The van der Waals surface area contributed by atoms with Gasteiger partial charge in [-0.3, -0.25) is 0 Å². The number of benzene rings is 1. The first-order valence-electron chi connectivity index (χ1n) is 8.35. The molecule has 0 spiro atoms. The minimum absolute atomic E-state index is 0.135. The van der Waals surface area contributed by atoms with E-state index in [0.717, 1.165) is 17.2 Å². The molecule has 0 saturated carbocycles. The summed E-state index contributed by atoms with van der Waals surface area (Å²) in [5.41, 5.74) is 3.20. The van der Waals surface area contributed by atoms with E-state index in [1.165, 1.54) is 0 Å².